The van der Waals surface area contributed by atoms with Gasteiger partial charge in [-0.15, -0.1) is 0 Å². The van der Waals surface area contributed by atoms with Crippen LogP contribution in [0.4, 0.5) is 0 Å². The molecule has 0 saturated heterocycles. The number of unbranched alkanes of at least 4 members (excludes halogenated alkanes) is 1. The van der Waals surface area contributed by atoms with Crippen LogP contribution in [0.2, 0.25) is 0 Å². The van der Waals surface area contributed by atoms with Gasteiger partial charge in [0.2, 0.25) is 0 Å². The molecule has 4 rings (SSSR count). The summed E-state index contributed by atoms with van der Waals surface area (Å²) in [5.74, 6) is 2.06. The molecule has 0 aromatic rings. The summed E-state index contributed by atoms with van der Waals surface area (Å²) < 4.78 is 0. The quantitative estimate of drug-likeness (QED) is 0.0812. The number of carboxylic acids is 1. The van der Waals surface area contributed by atoms with Crippen LogP contribution in [0, 0.1) is 46.3 Å². The van der Waals surface area contributed by atoms with Crippen LogP contribution in [0.25, 0.3) is 0 Å². The number of nitrogens with one attached hydrogen (secondary N) is 3. The number of hydrogen-bond acceptors (Lipinski definition) is 6. The maximum Gasteiger partial charge on any atom is 0.306 e. The minimum atomic E-state index is -0.667. The van der Waals surface area contributed by atoms with Gasteiger partial charge in [0.15, 0.2) is 0 Å². The van der Waals surface area contributed by atoms with Crippen molar-refractivity contribution < 1.29 is 15.0 Å². The largest absolute Gasteiger partial charge is 0.481 e. The molecule has 0 bridgehead atoms. The van der Waals surface area contributed by atoms with E-state index in [0.717, 1.165) is 77.8 Å². The Morgan fingerprint density at radius 1 is 0.909 bits per heavy atom. The number of rotatable bonds is 19. The minimum Gasteiger partial charge on any atom is -0.481 e. The van der Waals surface area contributed by atoms with Gasteiger partial charge in [-0.05, 0) is 157 Å². The lowest BCUT2D eigenvalue weighted by molar-refractivity contribution is -0.141. The van der Waals surface area contributed by atoms with Gasteiger partial charge in [0.05, 0.1) is 12.0 Å². The van der Waals surface area contributed by atoms with Crippen LogP contribution >= 0.6 is 0 Å². The number of aliphatic carboxylic acids is 1. The van der Waals surface area contributed by atoms with E-state index in [1.165, 1.54) is 56.9 Å². The second-order valence-corrected chi connectivity index (χ2v) is 15.8. The lowest BCUT2D eigenvalue weighted by Gasteiger charge is -2.60. The highest BCUT2D eigenvalue weighted by Gasteiger charge is 2.61. The molecule has 0 aromatic heterocycles. The fourth-order valence-corrected chi connectivity index (χ4v) is 10.4. The molecule has 10 atom stereocenters. The van der Waals surface area contributed by atoms with E-state index in [9.17, 15) is 15.0 Å². The summed E-state index contributed by atoms with van der Waals surface area (Å²) in [5.41, 5.74) is 7.62. The van der Waals surface area contributed by atoms with Crippen LogP contribution in [0.15, 0.2) is 11.6 Å². The molecule has 0 spiro atoms. The summed E-state index contributed by atoms with van der Waals surface area (Å²) in [6.07, 6.45) is 18.3. The molecule has 7 nitrogen and oxygen atoms in total. The number of carboxylic acid groups (broad SMARTS) is 1. The molecular formula is C37H68N4O3. The van der Waals surface area contributed by atoms with E-state index in [0.29, 0.717) is 41.0 Å². The smallest absolute Gasteiger partial charge is 0.306 e. The van der Waals surface area contributed by atoms with Gasteiger partial charge in [-0.25, -0.2) is 0 Å². The van der Waals surface area contributed by atoms with Crippen molar-refractivity contribution in [3.8, 4) is 0 Å². The van der Waals surface area contributed by atoms with E-state index >= 15 is 0 Å². The molecule has 254 valence electrons. The summed E-state index contributed by atoms with van der Waals surface area (Å²) in [5, 5.41) is 31.9. The van der Waals surface area contributed by atoms with Crippen LogP contribution < -0.4 is 21.7 Å². The van der Waals surface area contributed by atoms with Crippen molar-refractivity contribution in [2.75, 3.05) is 39.3 Å². The van der Waals surface area contributed by atoms with Gasteiger partial charge in [-0.1, -0.05) is 52.2 Å². The van der Waals surface area contributed by atoms with Gasteiger partial charge in [0.1, 0.15) is 0 Å². The van der Waals surface area contributed by atoms with E-state index in [2.05, 4.69) is 42.8 Å². The zero-order valence-electron chi connectivity index (χ0n) is 28.7. The Hall–Kier alpha value is -0.990. The molecule has 4 aliphatic rings. The second-order valence-electron chi connectivity index (χ2n) is 15.8. The number of carbonyl (C=O) groups is 1. The topological polar surface area (TPSA) is 120 Å². The van der Waals surface area contributed by atoms with E-state index in [1.54, 1.807) is 0 Å². The Kier molecular flexibility index (Phi) is 13.6. The second kappa shape index (κ2) is 16.7. The molecule has 0 aliphatic heterocycles. The lowest BCUT2D eigenvalue weighted by atomic mass is 9.45. The fourth-order valence-electron chi connectivity index (χ4n) is 10.4. The third-order valence-corrected chi connectivity index (χ3v) is 13.1. The third-order valence-electron chi connectivity index (χ3n) is 13.1. The van der Waals surface area contributed by atoms with E-state index < -0.39 is 5.97 Å². The van der Waals surface area contributed by atoms with E-state index in [4.69, 9.17) is 5.73 Å². The lowest BCUT2D eigenvalue weighted by Crippen LogP contribution is -2.56. The van der Waals surface area contributed by atoms with Gasteiger partial charge in [0.25, 0.3) is 0 Å². The van der Waals surface area contributed by atoms with Gasteiger partial charge in [-0.3, -0.25) is 4.79 Å². The van der Waals surface area contributed by atoms with Crippen molar-refractivity contribution in [1.82, 2.24) is 16.0 Å². The molecule has 0 amide bonds. The molecule has 44 heavy (non-hydrogen) atoms. The Balaban J connectivity index is 1.23. The molecule has 0 heterocycles. The first kappa shape index (κ1) is 35.9. The zero-order chi connectivity index (χ0) is 31.7. The van der Waals surface area contributed by atoms with Crippen molar-refractivity contribution in [2.45, 2.75) is 130 Å². The molecule has 4 aliphatic carbocycles. The fraction of sp³-hybridized carbons (Fsp3) is 0.919. The highest BCUT2D eigenvalue weighted by molar-refractivity contribution is 5.69. The van der Waals surface area contributed by atoms with Crippen LogP contribution in [0.1, 0.15) is 118 Å². The summed E-state index contributed by atoms with van der Waals surface area (Å²) in [6, 6.07) is 0.441. The van der Waals surface area contributed by atoms with Gasteiger partial charge >= 0.3 is 5.97 Å². The van der Waals surface area contributed by atoms with Gasteiger partial charge in [0, 0.05) is 6.04 Å². The number of hydrogen-bond donors (Lipinski definition) is 6. The normalized spacial score (nSPS) is 36.2. The van der Waals surface area contributed by atoms with Crippen LogP contribution in [-0.2, 0) is 4.79 Å². The third kappa shape index (κ3) is 8.48. The highest BCUT2D eigenvalue weighted by Crippen LogP contribution is 2.67. The number of nitrogens with two attached hydrogens (primary N) is 1. The van der Waals surface area contributed by atoms with Crippen LogP contribution in [0.5, 0.6) is 0 Å². The predicted octanol–water partition coefficient (Wildman–Crippen LogP) is 5.72. The number of aliphatic hydroxyl groups excluding tert-OH is 1. The van der Waals surface area contributed by atoms with Gasteiger partial charge in [-0.2, -0.15) is 0 Å². The first-order valence-electron chi connectivity index (χ1n) is 18.6. The average molecular weight is 617 g/mol. The number of aliphatic hydroxyl groups is 1. The van der Waals surface area contributed by atoms with Crippen molar-refractivity contribution in [3.05, 3.63) is 11.6 Å². The van der Waals surface area contributed by atoms with Crippen molar-refractivity contribution >= 4 is 5.97 Å². The molecule has 0 aromatic carbocycles. The first-order valence-corrected chi connectivity index (χ1v) is 18.6. The molecular weight excluding hydrogens is 548 g/mol. The van der Waals surface area contributed by atoms with Crippen molar-refractivity contribution in [3.63, 3.8) is 0 Å². The molecule has 3 unspecified atom stereocenters. The number of fused-ring (bicyclic) bond motifs is 5. The molecule has 3 fully saturated rings. The van der Waals surface area contributed by atoms with E-state index in [-0.39, 0.29) is 17.4 Å². The van der Waals surface area contributed by atoms with Crippen LogP contribution in [-0.4, -0.2) is 67.6 Å². The monoisotopic (exact) mass is 617 g/mol. The SMILES string of the molecule is C[C@H](CCC[C@@H](C)[C@H]1CCC2C3C(CC[C@@]21C)[C@@]1(C)CC[C@H](NCCCNCCCCNCCCN)C=C1C[C@H]3O)C(=O)O. The first-order chi connectivity index (χ1) is 21.1. The maximum atomic E-state index is 11.7. The summed E-state index contributed by atoms with van der Waals surface area (Å²) in [6.45, 7) is 15.5. The minimum absolute atomic E-state index is 0.215. The van der Waals surface area contributed by atoms with Crippen molar-refractivity contribution in [2.24, 2.45) is 52.1 Å². The Bertz CT molecular complexity index is 928. The summed E-state index contributed by atoms with van der Waals surface area (Å²) >= 11 is 0. The average Bonchev–Trinajstić information content (AvgIpc) is 3.35. The standard InChI is InChI=1S/C37H68N4O3/c1-26(10-7-11-27(2)35(43)44)30-12-13-31-34-32(15-17-37(30,31)4)36(3)16-14-29(24-28(36)25-33(34)42)41-23-9-22-40-20-6-5-19-39-21-8-18-38/h24,26-27,29-34,39-42H,5-23,25,38H2,1-4H3,(H,43,44)/t26-,27-,29+,30-,31?,32?,33-,34?,36+,37-/m1/s1. The zero-order valence-corrected chi connectivity index (χ0v) is 28.7. The summed E-state index contributed by atoms with van der Waals surface area (Å²) in [7, 11) is 0. The Morgan fingerprint density at radius 3 is 2.32 bits per heavy atom. The Labute approximate surface area is 269 Å². The predicted molar refractivity (Wildman–Crippen MR) is 181 cm³/mol. The van der Waals surface area contributed by atoms with Crippen LogP contribution in [0.3, 0.4) is 0 Å². The maximum absolute atomic E-state index is 11.7. The highest BCUT2D eigenvalue weighted by atomic mass is 16.4. The Morgan fingerprint density at radius 2 is 1.61 bits per heavy atom. The molecule has 7 N–H and O–H groups in total. The van der Waals surface area contributed by atoms with Crippen molar-refractivity contribution in [1.29, 1.82) is 0 Å². The summed E-state index contributed by atoms with van der Waals surface area (Å²) in [4.78, 5) is 11.3. The van der Waals surface area contributed by atoms with E-state index in [1.807, 2.05) is 6.92 Å². The molecule has 0 radical (unpaired) electrons. The molecule has 7 heteroatoms. The molecule has 3 saturated carbocycles. The van der Waals surface area contributed by atoms with Gasteiger partial charge < -0.3 is 31.9 Å².